The summed E-state index contributed by atoms with van der Waals surface area (Å²) in [6, 6.07) is 11.9. The van der Waals surface area contributed by atoms with Crippen LogP contribution in [0.2, 0.25) is 0 Å². The van der Waals surface area contributed by atoms with E-state index in [1.54, 1.807) is 38.4 Å². The molecule has 0 unspecified atom stereocenters. The molecule has 0 fully saturated rings. The van der Waals surface area contributed by atoms with E-state index in [-0.39, 0.29) is 22.9 Å². The quantitative estimate of drug-likeness (QED) is 0.741. The Bertz CT molecular complexity index is 907. The second-order valence-corrected chi connectivity index (χ2v) is 7.51. The molecule has 2 N–H and O–H groups in total. The molecule has 0 aromatic heterocycles. The number of nitrogens with zero attached hydrogens (tertiary/aromatic N) is 1. The molecule has 0 aliphatic rings. The van der Waals surface area contributed by atoms with Crippen molar-refractivity contribution in [1.29, 1.82) is 0 Å². The molecule has 0 aliphatic carbocycles. The molecule has 27 heavy (non-hydrogen) atoms. The lowest BCUT2D eigenvalue weighted by Gasteiger charge is -2.11. The smallest absolute Gasteiger partial charge is 0.261 e. The van der Waals surface area contributed by atoms with Gasteiger partial charge in [0.25, 0.3) is 15.9 Å². The summed E-state index contributed by atoms with van der Waals surface area (Å²) in [6.07, 6.45) is 0. The zero-order chi connectivity index (χ0) is 20.0. The highest BCUT2D eigenvalue weighted by molar-refractivity contribution is 7.92. The first-order valence-electron chi connectivity index (χ1n) is 7.98. The van der Waals surface area contributed by atoms with Gasteiger partial charge >= 0.3 is 0 Å². The predicted molar refractivity (Wildman–Crippen MR) is 101 cm³/mol. The van der Waals surface area contributed by atoms with E-state index in [2.05, 4.69) is 10.0 Å². The molecular formula is C18H21N3O5S. The van der Waals surface area contributed by atoms with Crippen LogP contribution in [0.15, 0.2) is 53.4 Å². The van der Waals surface area contributed by atoms with Crippen LogP contribution < -0.4 is 14.8 Å². The Morgan fingerprint density at radius 2 is 1.59 bits per heavy atom. The second kappa shape index (κ2) is 8.54. The third-order valence-corrected chi connectivity index (χ3v) is 5.07. The van der Waals surface area contributed by atoms with Gasteiger partial charge in [-0.1, -0.05) is 0 Å². The van der Waals surface area contributed by atoms with Gasteiger partial charge in [-0.15, -0.1) is 0 Å². The Morgan fingerprint density at radius 1 is 1.00 bits per heavy atom. The first-order chi connectivity index (χ1) is 12.7. The molecule has 0 atom stereocenters. The molecule has 0 bridgehead atoms. The van der Waals surface area contributed by atoms with E-state index in [1.807, 2.05) is 0 Å². The molecule has 2 aromatic rings. The fourth-order valence-electron chi connectivity index (χ4n) is 2.07. The Labute approximate surface area is 158 Å². The van der Waals surface area contributed by atoms with Gasteiger partial charge in [-0.3, -0.25) is 14.3 Å². The first kappa shape index (κ1) is 20.2. The van der Waals surface area contributed by atoms with Crippen LogP contribution >= 0.6 is 0 Å². The largest absolute Gasteiger partial charge is 0.497 e. The summed E-state index contributed by atoms with van der Waals surface area (Å²) in [5.41, 5.74) is 0.643. The number of ether oxygens (including phenoxy) is 1. The molecule has 0 saturated carbocycles. The van der Waals surface area contributed by atoms with Crippen LogP contribution in [-0.4, -0.2) is 52.9 Å². The maximum absolute atomic E-state index is 12.4. The van der Waals surface area contributed by atoms with E-state index in [1.165, 1.54) is 36.3 Å². The number of rotatable bonds is 7. The molecule has 2 rings (SSSR count). The van der Waals surface area contributed by atoms with E-state index in [4.69, 9.17) is 4.74 Å². The molecule has 2 amide bonds. The highest BCUT2D eigenvalue weighted by Crippen LogP contribution is 2.19. The average Bonchev–Trinajstić information content (AvgIpc) is 2.66. The minimum atomic E-state index is -3.80. The van der Waals surface area contributed by atoms with Crippen molar-refractivity contribution in [3.05, 3.63) is 54.1 Å². The van der Waals surface area contributed by atoms with Crippen LogP contribution in [-0.2, 0) is 14.8 Å². The fourth-order valence-corrected chi connectivity index (χ4v) is 3.13. The number of methoxy groups -OCH3 is 1. The zero-order valence-corrected chi connectivity index (χ0v) is 16.0. The van der Waals surface area contributed by atoms with Gasteiger partial charge in [-0.2, -0.15) is 0 Å². The lowest BCUT2D eigenvalue weighted by molar-refractivity contribution is -0.127. The van der Waals surface area contributed by atoms with Crippen molar-refractivity contribution in [2.75, 3.05) is 32.5 Å². The second-order valence-electron chi connectivity index (χ2n) is 5.83. The normalized spacial score (nSPS) is 10.8. The van der Waals surface area contributed by atoms with Gasteiger partial charge in [0.2, 0.25) is 5.91 Å². The topological polar surface area (TPSA) is 105 Å². The SMILES string of the molecule is COc1ccc(NS(=O)(=O)c2ccc(C(=O)NCC(=O)N(C)C)cc2)cc1. The third kappa shape index (κ3) is 5.45. The molecule has 0 heterocycles. The van der Waals surface area contributed by atoms with Crippen molar-refractivity contribution in [3.63, 3.8) is 0 Å². The summed E-state index contributed by atoms with van der Waals surface area (Å²) in [5, 5.41) is 2.48. The Kier molecular flexibility index (Phi) is 6.40. The number of amides is 2. The summed E-state index contributed by atoms with van der Waals surface area (Å²) < 4.78 is 32.3. The van der Waals surface area contributed by atoms with Gasteiger partial charge in [-0.25, -0.2) is 8.42 Å². The summed E-state index contributed by atoms with van der Waals surface area (Å²) in [7, 11) is 0.900. The number of likely N-dealkylation sites (N-methyl/N-ethyl adjacent to an activating group) is 1. The number of benzene rings is 2. The minimum absolute atomic E-state index is 0.0132. The van der Waals surface area contributed by atoms with E-state index in [0.717, 1.165) is 0 Å². The monoisotopic (exact) mass is 391 g/mol. The Balaban J connectivity index is 2.06. The van der Waals surface area contributed by atoms with Gasteiger partial charge in [0.1, 0.15) is 5.75 Å². The standard InChI is InChI=1S/C18H21N3O5S/c1-21(2)17(22)12-19-18(23)13-4-10-16(11-5-13)27(24,25)20-14-6-8-15(26-3)9-7-14/h4-11,20H,12H2,1-3H3,(H,19,23). The van der Waals surface area contributed by atoms with Crippen LogP contribution in [0.5, 0.6) is 5.75 Å². The number of carbonyl (C=O) groups excluding carboxylic acids is 2. The van der Waals surface area contributed by atoms with Crippen LogP contribution in [0.4, 0.5) is 5.69 Å². The molecule has 0 saturated heterocycles. The number of nitrogens with one attached hydrogen (secondary N) is 2. The molecule has 9 heteroatoms. The number of carbonyl (C=O) groups is 2. The highest BCUT2D eigenvalue weighted by atomic mass is 32.2. The summed E-state index contributed by atoms with van der Waals surface area (Å²) >= 11 is 0. The molecule has 2 aromatic carbocycles. The maximum Gasteiger partial charge on any atom is 0.261 e. The molecule has 0 spiro atoms. The molecular weight excluding hydrogens is 370 g/mol. The van der Waals surface area contributed by atoms with Gasteiger partial charge in [0.15, 0.2) is 0 Å². The first-order valence-corrected chi connectivity index (χ1v) is 9.46. The van der Waals surface area contributed by atoms with Crippen LogP contribution in [0.25, 0.3) is 0 Å². The van der Waals surface area contributed by atoms with Gasteiger partial charge < -0.3 is 15.0 Å². The van der Waals surface area contributed by atoms with E-state index in [9.17, 15) is 18.0 Å². The molecule has 144 valence electrons. The predicted octanol–water partition coefficient (Wildman–Crippen LogP) is 1.31. The Morgan fingerprint density at radius 3 is 2.11 bits per heavy atom. The molecule has 0 radical (unpaired) electrons. The van der Waals surface area contributed by atoms with Crippen molar-refractivity contribution in [1.82, 2.24) is 10.2 Å². The molecule has 8 nitrogen and oxygen atoms in total. The number of anilines is 1. The molecule has 0 aliphatic heterocycles. The fraction of sp³-hybridized carbons (Fsp3) is 0.222. The number of hydrogen-bond donors (Lipinski definition) is 2. The number of hydrogen-bond acceptors (Lipinski definition) is 5. The summed E-state index contributed by atoms with van der Waals surface area (Å²) in [5.74, 6) is -0.0930. The van der Waals surface area contributed by atoms with Crippen molar-refractivity contribution < 1.29 is 22.7 Å². The van der Waals surface area contributed by atoms with Crippen LogP contribution in [0, 0.1) is 0 Å². The van der Waals surface area contributed by atoms with E-state index < -0.39 is 15.9 Å². The van der Waals surface area contributed by atoms with Crippen LogP contribution in [0.1, 0.15) is 10.4 Å². The zero-order valence-electron chi connectivity index (χ0n) is 15.2. The Hall–Kier alpha value is -3.07. The van der Waals surface area contributed by atoms with Gasteiger partial charge in [0.05, 0.1) is 18.6 Å². The van der Waals surface area contributed by atoms with Crippen molar-refractivity contribution in [3.8, 4) is 5.75 Å². The number of sulfonamides is 1. The van der Waals surface area contributed by atoms with Crippen LogP contribution in [0.3, 0.4) is 0 Å². The van der Waals surface area contributed by atoms with Gasteiger partial charge in [-0.05, 0) is 48.5 Å². The van der Waals surface area contributed by atoms with Crippen molar-refractivity contribution in [2.24, 2.45) is 0 Å². The van der Waals surface area contributed by atoms with Crippen molar-refractivity contribution >= 4 is 27.5 Å². The van der Waals surface area contributed by atoms with Crippen molar-refractivity contribution in [2.45, 2.75) is 4.90 Å². The highest BCUT2D eigenvalue weighted by Gasteiger charge is 2.16. The third-order valence-electron chi connectivity index (χ3n) is 3.67. The maximum atomic E-state index is 12.4. The summed E-state index contributed by atoms with van der Waals surface area (Å²) in [4.78, 5) is 24.9. The lowest BCUT2D eigenvalue weighted by atomic mass is 10.2. The minimum Gasteiger partial charge on any atom is -0.497 e. The average molecular weight is 391 g/mol. The lowest BCUT2D eigenvalue weighted by Crippen LogP contribution is -2.36. The van der Waals surface area contributed by atoms with Gasteiger partial charge in [0, 0.05) is 25.3 Å². The summed E-state index contributed by atoms with van der Waals surface area (Å²) in [6.45, 7) is -0.134. The van der Waals surface area contributed by atoms with E-state index in [0.29, 0.717) is 11.4 Å². The van der Waals surface area contributed by atoms with E-state index >= 15 is 0 Å².